The van der Waals surface area contributed by atoms with Gasteiger partial charge in [0.2, 0.25) is 0 Å². The Morgan fingerprint density at radius 3 is 2.45 bits per heavy atom. The van der Waals surface area contributed by atoms with E-state index in [2.05, 4.69) is 4.99 Å². The fourth-order valence-electron chi connectivity index (χ4n) is 1.23. The number of nitrogens with zero attached hydrogens (tertiary/aromatic N) is 2. The minimum atomic E-state index is -1.03. The number of unbranched alkanes of at least 4 members (excludes halogenated alkanes) is 1. The number of aliphatic imine (C=N–C) groups is 1. The molecule has 0 rings (SSSR count). The number of hydrogen-bond donors (Lipinski definition) is 3. The van der Waals surface area contributed by atoms with Crippen molar-refractivity contribution in [3.05, 3.63) is 0 Å². The van der Waals surface area contributed by atoms with Crippen LogP contribution in [0.15, 0.2) is 4.99 Å². The van der Waals surface area contributed by atoms with Gasteiger partial charge in [0.25, 0.3) is 0 Å². The zero-order valence-electron chi connectivity index (χ0n) is 12.4. The van der Waals surface area contributed by atoms with E-state index in [-0.39, 0.29) is 31.5 Å². The topological polar surface area (TPSA) is 125 Å². The van der Waals surface area contributed by atoms with Crippen LogP contribution >= 0.6 is 36.6 Å². The summed E-state index contributed by atoms with van der Waals surface area (Å²) in [5.41, 5.74) is 5.35. The maximum absolute atomic E-state index is 10.8. The van der Waals surface area contributed by atoms with Crippen molar-refractivity contribution in [2.75, 3.05) is 19.5 Å². The summed E-state index contributed by atoms with van der Waals surface area (Å²) < 4.78 is 4.71. The first-order valence-electron chi connectivity index (χ1n) is 6.05. The molecule has 0 saturated carbocycles. The first kappa shape index (κ1) is 26.2. The smallest absolute Gasteiger partial charge is 0.368 e. The summed E-state index contributed by atoms with van der Waals surface area (Å²) in [5, 5.41) is 18.7. The Morgan fingerprint density at radius 1 is 1.36 bits per heavy atom. The number of carbonyl (C=O) groups is 2. The molecule has 132 valence electrons. The van der Waals surface area contributed by atoms with Crippen LogP contribution in [0.5, 0.6) is 0 Å². The van der Waals surface area contributed by atoms with E-state index in [9.17, 15) is 14.8 Å². The molecular formula is C11H23Cl2N3O5S. The molecule has 0 spiro atoms. The van der Waals surface area contributed by atoms with Crippen LogP contribution < -0.4 is 5.73 Å². The lowest BCUT2D eigenvalue weighted by molar-refractivity contribution is -0.138. The SMILES string of the molecule is CSC(=O)OCN=C(C)N(O)CCCC[C@H](N)C(=O)O.Cl.Cl. The number of carboxylic acids is 1. The molecule has 0 radical (unpaired) electrons. The molecule has 0 bridgehead atoms. The van der Waals surface area contributed by atoms with Gasteiger partial charge in [0.15, 0.2) is 6.73 Å². The van der Waals surface area contributed by atoms with Crippen LogP contribution in [0.3, 0.4) is 0 Å². The number of aliphatic carboxylic acids is 1. The number of ether oxygens (including phenoxy) is 1. The maximum Gasteiger partial charge on any atom is 0.368 e. The largest absolute Gasteiger partial charge is 0.480 e. The predicted octanol–water partition coefficient (Wildman–Crippen LogP) is 1.98. The molecule has 22 heavy (non-hydrogen) atoms. The van der Waals surface area contributed by atoms with E-state index >= 15 is 0 Å². The van der Waals surface area contributed by atoms with Crippen LogP contribution in [-0.2, 0) is 9.53 Å². The highest BCUT2D eigenvalue weighted by Crippen LogP contribution is 2.02. The number of thioether (sulfide) groups is 1. The second-order valence-corrected chi connectivity index (χ2v) is 4.74. The van der Waals surface area contributed by atoms with Gasteiger partial charge in [-0.05, 0) is 44.2 Å². The third kappa shape index (κ3) is 13.0. The fourth-order valence-corrected chi connectivity index (χ4v) is 1.40. The lowest BCUT2D eigenvalue weighted by Gasteiger charge is -2.16. The third-order valence-corrected chi connectivity index (χ3v) is 2.92. The molecule has 4 N–H and O–H groups in total. The number of carbonyl (C=O) groups excluding carboxylic acids is 1. The highest BCUT2D eigenvalue weighted by atomic mass is 35.5. The summed E-state index contributed by atoms with van der Waals surface area (Å²) in [6.45, 7) is 1.74. The number of hydroxylamine groups is 2. The average Bonchev–Trinajstić information content (AvgIpc) is 2.42. The van der Waals surface area contributed by atoms with Gasteiger partial charge in [0.1, 0.15) is 11.9 Å². The Bertz CT molecular complexity index is 361. The van der Waals surface area contributed by atoms with Crippen LogP contribution in [-0.4, -0.2) is 58.1 Å². The lowest BCUT2D eigenvalue weighted by atomic mass is 10.1. The number of carboxylic acid groups (broad SMARTS) is 1. The Hall–Kier alpha value is -0.740. The van der Waals surface area contributed by atoms with Crippen molar-refractivity contribution in [1.82, 2.24) is 5.06 Å². The van der Waals surface area contributed by atoms with E-state index < -0.39 is 17.3 Å². The normalized spacial score (nSPS) is 11.7. The summed E-state index contributed by atoms with van der Waals surface area (Å²) >= 11 is 0.940. The molecule has 0 aromatic carbocycles. The van der Waals surface area contributed by atoms with Crippen LogP contribution in [0.25, 0.3) is 0 Å². The molecule has 0 amide bonds. The summed E-state index contributed by atoms with van der Waals surface area (Å²) in [5.74, 6) is -0.708. The van der Waals surface area contributed by atoms with Crippen molar-refractivity contribution >= 4 is 53.7 Å². The van der Waals surface area contributed by atoms with Crippen molar-refractivity contribution in [3.8, 4) is 0 Å². The second-order valence-electron chi connectivity index (χ2n) is 4.00. The zero-order valence-corrected chi connectivity index (χ0v) is 14.9. The minimum Gasteiger partial charge on any atom is -0.480 e. The summed E-state index contributed by atoms with van der Waals surface area (Å²) in [6.07, 6.45) is 3.11. The lowest BCUT2D eigenvalue weighted by Crippen LogP contribution is -2.30. The van der Waals surface area contributed by atoms with Crippen molar-refractivity contribution in [2.45, 2.75) is 32.2 Å². The molecule has 0 aromatic heterocycles. The monoisotopic (exact) mass is 379 g/mol. The van der Waals surface area contributed by atoms with Crippen molar-refractivity contribution in [2.24, 2.45) is 10.7 Å². The van der Waals surface area contributed by atoms with E-state index in [1.165, 1.54) is 0 Å². The number of hydrogen-bond acceptors (Lipinski definition) is 7. The second kappa shape index (κ2) is 15.2. The van der Waals surface area contributed by atoms with Crippen molar-refractivity contribution < 1.29 is 24.6 Å². The van der Waals surface area contributed by atoms with Gasteiger partial charge in [-0.3, -0.25) is 10.0 Å². The van der Waals surface area contributed by atoms with E-state index in [4.69, 9.17) is 15.6 Å². The summed E-state index contributed by atoms with van der Waals surface area (Å²) in [4.78, 5) is 25.2. The quantitative estimate of drug-likeness (QED) is 0.192. The van der Waals surface area contributed by atoms with Gasteiger partial charge in [0.05, 0.1) is 0 Å². The Kier molecular flexibility index (Phi) is 18.0. The van der Waals surface area contributed by atoms with Crippen LogP contribution in [0.4, 0.5) is 4.79 Å². The predicted molar refractivity (Wildman–Crippen MR) is 90.4 cm³/mol. The van der Waals surface area contributed by atoms with Gasteiger partial charge in [-0.1, -0.05) is 0 Å². The number of halogens is 2. The van der Waals surface area contributed by atoms with E-state index in [0.29, 0.717) is 31.6 Å². The van der Waals surface area contributed by atoms with E-state index in [1.54, 1.807) is 13.2 Å². The van der Waals surface area contributed by atoms with Gasteiger partial charge in [-0.25, -0.2) is 14.9 Å². The average molecular weight is 380 g/mol. The molecule has 0 saturated heterocycles. The highest BCUT2D eigenvalue weighted by Gasteiger charge is 2.11. The molecule has 0 unspecified atom stereocenters. The van der Waals surface area contributed by atoms with Crippen molar-refractivity contribution in [3.63, 3.8) is 0 Å². The van der Waals surface area contributed by atoms with Crippen LogP contribution in [0, 0.1) is 0 Å². The van der Waals surface area contributed by atoms with Gasteiger partial charge in [-0.2, -0.15) is 0 Å². The minimum absolute atomic E-state index is 0. The molecule has 0 aliphatic carbocycles. The van der Waals surface area contributed by atoms with Gasteiger partial charge < -0.3 is 15.6 Å². The zero-order chi connectivity index (χ0) is 15.5. The van der Waals surface area contributed by atoms with Gasteiger partial charge in [0, 0.05) is 6.54 Å². The highest BCUT2D eigenvalue weighted by molar-refractivity contribution is 8.12. The molecule has 0 aliphatic rings. The molecule has 0 heterocycles. The molecule has 0 aliphatic heterocycles. The number of rotatable bonds is 8. The molecule has 1 atom stereocenters. The third-order valence-electron chi connectivity index (χ3n) is 2.47. The first-order valence-corrected chi connectivity index (χ1v) is 7.27. The Morgan fingerprint density at radius 2 is 1.95 bits per heavy atom. The van der Waals surface area contributed by atoms with Crippen LogP contribution in [0.2, 0.25) is 0 Å². The molecule has 0 aromatic rings. The van der Waals surface area contributed by atoms with Gasteiger partial charge >= 0.3 is 11.3 Å². The fraction of sp³-hybridized carbons (Fsp3) is 0.727. The van der Waals surface area contributed by atoms with Crippen molar-refractivity contribution in [1.29, 1.82) is 0 Å². The van der Waals surface area contributed by atoms with Crippen LogP contribution in [0.1, 0.15) is 26.2 Å². The number of amidine groups is 1. The Balaban J connectivity index is -0.00000180. The summed E-state index contributed by atoms with van der Waals surface area (Å²) in [7, 11) is 0. The first-order chi connectivity index (χ1) is 9.38. The molecule has 8 nitrogen and oxygen atoms in total. The Labute approximate surface area is 146 Å². The molecule has 0 fully saturated rings. The number of nitrogens with two attached hydrogens (primary N) is 1. The standard InChI is InChI=1S/C11H21N3O5S.2ClH/c1-8(13-7-19-11(17)20-2)14(18)6-4-3-5-9(12)10(15)16;;/h9,18H,3-7,12H2,1-2H3,(H,15,16);2*1H/t9-;;/m0../s1. The molecule has 11 heteroatoms. The van der Waals surface area contributed by atoms with E-state index in [1.807, 2.05) is 0 Å². The summed E-state index contributed by atoms with van der Waals surface area (Å²) in [6, 6.07) is -0.872. The maximum atomic E-state index is 10.8. The molecular weight excluding hydrogens is 357 g/mol. The van der Waals surface area contributed by atoms with E-state index in [0.717, 1.165) is 16.8 Å². The van der Waals surface area contributed by atoms with Gasteiger partial charge in [-0.15, -0.1) is 24.8 Å².